The first-order chi connectivity index (χ1) is 14.0. The molecule has 1 heterocycles. The van der Waals surface area contributed by atoms with E-state index in [1.807, 2.05) is 6.07 Å². The van der Waals surface area contributed by atoms with Crippen LogP contribution in [-0.2, 0) is 16.1 Å². The van der Waals surface area contributed by atoms with E-state index in [4.69, 9.17) is 0 Å². The van der Waals surface area contributed by atoms with Crippen LogP contribution in [0.1, 0.15) is 19.3 Å². The molecular formula is C21H19BrN4O3. The zero-order valence-corrected chi connectivity index (χ0v) is 17.1. The predicted octanol–water partition coefficient (Wildman–Crippen LogP) is 3.54. The molecule has 4 rings (SSSR count). The van der Waals surface area contributed by atoms with E-state index in [1.165, 1.54) is 10.9 Å². The zero-order valence-electron chi connectivity index (χ0n) is 15.5. The summed E-state index contributed by atoms with van der Waals surface area (Å²) in [4.78, 5) is 40.9. The van der Waals surface area contributed by atoms with Gasteiger partial charge in [0.15, 0.2) is 0 Å². The Morgan fingerprint density at radius 1 is 1.07 bits per heavy atom. The summed E-state index contributed by atoms with van der Waals surface area (Å²) in [5.41, 5.74) is 1.78. The van der Waals surface area contributed by atoms with Crippen LogP contribution in [0.3, 0.4) is 0 Å². The van der Waals surface area contributed by atoms with Gasteiger partial charge in [-0.15, -0.1) is 0 Å². The second-order valence-corrected chi connectivity index (χ2v) is 7.96. The van der Waals surface area contributed by atoms with Crippen LogP contribution in [0.2, 0.25) is 0 Å². The van der Waals surface area contributed by atoms with E-state index >= 15 is 0 Å². The largest absolute Gasteiger partial charge is 0.326 e. The summed E-state index contributed by atoms with van der Waals surface area (Å²) >= 11 is 3.36. The smallest absolute Gasteiger partial charge is 0.261 e. The van der Waals surface area contributed by atoms with Crippen LogP contribution < -0.4 is 16.2 Å². The molecule has 148 valence electrons. The highest BCUT2D eigenvalue weighted by atomic mass is 79.9. The summed E-state index contributed by atoms with van der Waals surface area (Å²) in [5.74, 6) is -0.0206. The maximum absolute atomic E-state index is 12.6. The molecule has 7 nitrogen and oxygen atoms in total. The van der Waals surface area contributed by atoms with Crippen molar-refractivity contribution in [1.82, 2.24) is 9.55 Å². The molecule has 1 fully saturated rings. The number of rotatable bonds is 6. The van der Waals surface area contributed by atoms with Gasteiger partial charge in [-0.1, -0.05) is 15.9 Å². The molecule has 0 atom stereocenters. The predicted molar refractivity (Wildman–Crippen MR) is 115 cm³/mol. The number of hydrogen-bond acceptors (Lipinski definition) is 4. The van der Waals surface area contributed by atoms with Crippen LogP contribution in [0.15, 0.2) is 58.1 Å². The Morgan fingerprint density at radius 2 is 1.76 bits per heavy atom. The van der Waals surface area contributed by atoms with E-state index in [2.05, 4.69) is 31.5 Å². The van der Waals surface area contributed by atoms with Gasteiger partial charge in [-0.3, -0.25) is 19.0 Å². The van der Waals surface area contributed by atoms with E-state index in [-0.39, 0.29) is 36.3 Å². The Kier molecular flexibility index (Phi) is 5.44. The highest BCUT2D eigenvalue weighted by Crippen LogP contribution is 2.30. The van der Waals surface area contributed by atoms with Crippen molar-refractivity contribution in [3.05, 3.63) is 63.6 Å². The summed E-state index contributed by atoms with van der Waals surface area (Å²) in [7, 11) is 0. The van der Waals surface area contributed by atoms with Gasteiger partial charge in [-0.05, 0) is 55.3 Å². The number of carbonyl (C=O) groups excluding carboxylic acids is 2. The van der Waals surface area contributed by atoms with Crippen LogP contribution in [0.5, 0.6) is 0 Å². The first kappa shape index (κ1) is 19.3. The fraction of sp³-hybridized carbons (Fsp3) is 0.238. The van der Waals surface area contributed by atoms with Gasteiger partial charge in [0.1, 0.15) is 0 Å². The molecule has 0 saturated heterocycles. The topological polar surface area (TPSA) is 93.1 Å². The maximum atomic E-state index is 12.6. The highest BCUT2D eigenvalue weighted by molar-refractivity contribution is 9.10. The lowest BCUT2D eigenvalue weighted by atomic mass is 10.2. The second kappa shape index (κ2) is 8.16. The van der Waals surface area contributed by atoms with Crippen LogP contribution in [-0.4, -0.2) is 21.4 Å². The van der Waals surface area contributed by atoms with Crippen molar-refractivity contribution in [1.29, 1.82) is 0 Å². The number of nitrogens with zero attached hydrogens (tertiary/aromatic N) is 2. The van der Waals surface area contributed by atoms with Crippen LogP contribution >= 0.6 is 15.9 Å². The minimum Gasteiger partial charge on any atom is -0.326 e. The van der Waals surface area contributed by atoms with Gasteiger partial charge in [0, 0.05) is 34.7 Å². The molecule has 0 radical (unpaired) electrons. The molecule has 1 saturated carbocycles. The third-order valence-electron chi connectivity index (χ3n) is 4.75. The Labute approximate surface area is 175 Å². The summed E-state index contributed by atoms with van der Waals surface area (Å²) in [5, 5.41) is 6.16. The monoisotopic (exact) mass is 454 g/mol. The molecule has 0 bridgehead atoms. The molecule has 0 aliphatic heterocycles. The normalized spacial score (nSPS) is 13.3. The summed E-state index contributed by atoms with van der Waals surface area (Å²) in [6.45, 7) is 0.232. The number of aryl methyl sites for hydroxylation is 1. The van der Waals surface area contributed by atoms with E-state index in [0.717, 1.165) is 17.3 Å². The average molecular weight is 455 g/mol. The van der Waals surface area contributed by atoms with Crippen molar-refractivity contribution in [3.63, 3.8) is 0 Å². The van der Waals surface area contributed by atoms with E-state index in [9.17, 15) is 14.4 Å². The molecule has 2 amide bonds. The Hall–Kier alpha value is -3.00. The van der Waals surface area contributed by atoms with Crippen LogP contribution in [0.25, 0.3) is 10.9 Å². The van der Waals surface area contributed by atoms with Gasteiger partial charge in [-0.2, -0.15) is 0 Å². The molecule has 2 aromatic carbocycles. The minimum atomic E-state index is -0.207. The molecule has 3 aromatic rings. The fourth-order valence-corrected chi connectivity index (χ4v) is 3.32. The lowest BCUT2D eigenvalue weighted by molar-refractivity contribution is -0.117. The molecule has 29 heavy (non-hydrogen) atoms. The van der Waals surface area contributed by atoms with E-state index in [1.54, 1.807) is 36.4 Å². The summed E-state index contributed by atoms with van der Waals surface area (Å²) in [6.07, 6.45) is 3.50. The van der Waals surface area contributed by atoms with Crippen molar-refractivity contribution in [2.24, 2.45) is 5.92 Å². The Morgan fingerprint density at radius 3 is 2.45 bits per heavy atom. The quantitative estimate of drug-likeness (QED) is 0.595. The molecule has 8 heteroatoms. The number of amides is 2. The lowest BCUT2D eigenvalue weighted by Crippen LogP contribution is -2.23. The number of halogens is 1. The van der Waals surface area contributed by atoms with Crippen molar-refractivity contribution in [3.8, 4) is 0 Å². The molecule has 0 unspecified atom stereocenters. The van der Waals surface area contributed by atoms with Gasteiger partial charge in [-0.25, -0.2) is 4.98 Å². The van der Waals surface area contributed by atoms with Gasteiger partial charge >= 0.3 is 0 Å². The molecule has 1 aliphatic rings. The molecular weight excluding hydrogens is 436 g/mol. The maximum Gasteiger partial charge on any atom is 0.261 e. The van der Waals surface area contributed by atoms with Crippen molar-refractivity contribution >= 4 is 50.0 Å². The van der Waals surface area contributed by atoms with Gasteiger partial charge in [0.05, 0.1) is 17.2 Å². The number of nitrogens with one attached hydrogen (secondary N) is 2. The third-order valence-corrected chi connectivity index (χ3v) is 5.24. The molecule has 1 aliphatic carbocycles. The third kappa shape index (κ3) is 4.71. The van der Waals surface area contributed by atoms with E-state index in [0.29, 0.717) is 22.3 Å². The first-order valence-corrected chi connectivity index (χ1v) is 10.1. The van der Waals surface area contributed by atoms with Gasteiger partial charge < -0.3 is 10.6 Å². The number of aromatic nitrogens is 2. The number of benzene rings is 2. The number of anilines is 2. The first-order valence-electron chi connectivity index (χ1n) is 9.35. The Bertz CT molecular complexity index is 1140. The molecule has 2 N–H and O–H groups in total. The Balaban J connectivity index is 1.35. The van der Waals surface area contributed by atoms with Crippen molar-refractivity contribution < 1.29 is 9.59 Å². The second-order valence-electron chi connectivity index (χ2n) is 7.04. The van der Waals surface area contributed by atoms with Crippen molar-refractivity contribution in [2.45, 2.75) is 25.8 Å². The minimum absolute atomic E-state index is 0.0447. The molecule has 1 aromatic heterocycles. The SMILES string of the molecule is O=C(CCn1cnc2ccc(Br)cc2c1=O)Nc1ccc(NC(=O)C2CC2)cc1. The van der Waals surface area contributed by atoms with Gasteiger partial charge in [0.2, 0.25) is 11.8 Å². The summed E-state index contributed by atoms with van der Waals surface area (Å²) in [6, 6.07) is 12.3. The van der Waals surface area contributed by atoms with Crippen molar-refractivity contribution in [2.75, 3.05) is 10.6 Å². The number of carbonyl (C=O) groups is 2. The standard InChI is InChI=1S/C21H19BrN4O3/c22-14-3-8-18-17(11-14)21(29)26(12-23-18)10-9-19(27)24-15-4-6-16(7-5-15)25-20(28)13-1-2-13/h3-8,11-13H,1-2,9-10H2,(H,24,27)(H,25,28). The zero-order chi connectivity index (χ0) is 20.4. The number of fused-ring (bicyclic) bond motifs is 1. The van der Waals surface area contributed by atoms with E-state index < -0.39 is 0 Å². The highest BCUT2D eigenvalue weighted by Gasteiger charge is 2.29. The lowest BCUT2D eigenvalue weighted by Gasteiger charge is -2.09. The number of hydrogen-bond donors (Lipinski definition) is 2. The summed E-state index contributed by atoms with van der Waals surface area (Å²) < 4.78 is 2.24. The van der Waals surface area contributed by atoms with Crippen LogP contribution in [0, 0.1) is 5.92 Å². The fourth-order valence-electron chi connectivity index (χ4n) is 2.96. The average Bonchev–Trinajstić information content (AvgIpc) is 3.55. The van der Waals surface area contributed by atoms with Gasteiger partial charge in [0.25, 0.3) is 5.56 Å². The molecule has 0 spiro atoms. The van der Waals surface area contributed by atoms with Crippen LogP contribution in [0.4, 0.5) is 11.4 Å².